The Morgan fingerprint density at radius 1 is 1.08 bits per heavy atom. The van der Waals surface area contributed by atoms with Gasteiger partial charge in [0.05, 0.1) is 27.8 Å². The van der Waals surface area contributed by atoms with Crippen LogP contribution in [-0.4, -0.2) is 39.9 Å². The highest BCUT2D eigenvalue weighted by Gasteiger charge is 2.26. The summed E-state index contributed by atoms with van der Waals surface area (Å²) in [6, 6.07) is 7.81. The number of nitrogens with two attached hydrogens (primary N) is 1. The zero-order chi connectivity index (χ0) is 26.9. The lowest BCUT2D eigenvalue weighted by Gasteiger charge is -2.32. The number of fused-ring (bicyclic) bond motifs is 1. The summed E-state index contributed by atoms with van der Waals surface area (Å²) < 4.78 is 14.2. The van der Waals surface area contributed by atoms with E-state index in [1.807, 2.05) is 26.0 Å². The SMILES string of the molecule is CC(=O)c1cnc2ccc(-c3cc(F)c(O)c(Cl)c3)cc2c1N[C@H]1CC[C@H](NC(=O)C(N)C(C)C)CC1.Cl.Cl. The monoisotopic (exact) mass is 598 g/mol. The number of aromatic hydroxyl groups is 1. The third-order valence-electron chi connectivity index (χ3n) is 7.04. The van der Waals surface area contributed by atoms with Gasteiger partial charge >= 0.3 is 0 Å². The number of nitrogens with zero attached hydrogens (tertiary/aromatic N) is 1. The molecule has 1 atom stereocenters. The van der Waals surface area contributed by atoms with Crippen molar-refractivity contribution in [3.05, 3.63) is 52.9 Å². The maximum Gasteiger partial charge on any atom is 0.237 e. The van der Waals surface area contributed by atoms with Crippen LogP contribution >= 0.6 is 36.4 Å². The molecule has 1 amide bonds. The highest BCUT2D eigenvalue weighted by molar-refractivity contribution is 6.32. The number of hydrogen-bond acceptors (Lipinski definition) is 6. The Labute approximate surface area is 244 Å². The smallest absolute Gasteiger partial charge is 0.237 e. The third-order valence-corrected chi connectivity index (χ3v) is 7.33. The van der Waals surface area contributed by atoms with Gasteiger partial charge < -0.3 is 21.5 Å². The molecule has 0 spiro atoms. The van der Waals surface area contributed by atoms with Crippen LogP contribution in [0.2, 0.25) is 5.02 Å². The maximum absolute atomic E-state index is 14.2. The fourth-order valence-electron chi connectivity index (χ4n) is 4.71. The molecule has 39 heavy (non-hydrogen) atoms. The summed E-state index contributed by atoms with van der Waals surface area (Å²) in [4.78, 5) is 29.3. The number of anilines is 1. The van der Waals surface area contributed by atoms with Crippen molar-refractivity contribution in [3.63, 3.8) is 0 Å². The van der Waals surface area contributed by atoms with Crippen molar-refractivity contribution in [3.8, 4) is 16.9 Å². The molecular weight excluding hydrogens is 566 g/mol. The van der Waals surface area contributed by atoms with Gasteiger partial charge in [-0.15, -0.1) is 24.8 Å². The second kappa shape index (κ2) is 13.6. The van der Waals surface area contributed by atoms with Crippen LogP contribution in [0.5, 0.6) is 5.75 Å². The number of amides is 1. The number of hydrogen-bond donors (Lipinski definition) is 4. The summed E-state index contributed by atoms with van der Waals surface area (Å²) in [5.41, 5.74) is 8.99. The Morgan fingerprint density at radius 2 is 1.72 bits per heavy atom. The fourth-order valence-corrected chi connectivity index (χ4v) is 4.92. The molecule has 0 bridgehead atoms. The molecule has 0 saturated heterocycles. The Bertz CT molecular complexity index is 1320. The third kappa shape index (κ3) is 7.31. The van der Waals surface area contributed by atoms with E-state index in [-0.39, 0.29) is 59.5 Å². The van der Waals surface area contributed by atoms with Gasteiger partial charge in [-0.2, -0.15) is 0 Å². The summed E-state index contributed by atoms with van der Waals surface area (Å²) >= 11 is 6.00. The van der Waals surface area contributed by atoms with Crippen LogP contribution in [0.3, 0.4) is 0 Å². The van der Waals surface area contributed by atoms with Crippen molar-refractivity contribution in [2.45, 2.75) is 64.6 Å². The van der Waals surface area contributed by atoms with E-state index in [1.54, 1.807) is 12.3 Å². The molecule has 0 aliphatic heterocycles. The number of nitrogens with one attached hydrogen (secondary N) is 2. The molecule has 1 heterocycles. The molecular formula is C28H34Cl3FN4O3. The van der Waals surface area contributed by atoms with Crippen LogP contribution in [0.25, 0.3) is 22.0 Å². The maximum atomic E-state index is 14.2. The van der Waals surface area contributed by atoms with Crippen LogP contribution in [0, 0.1) is 11.7 Å². The molecule has 1 saturated carbocycles. The lowest BCUT2D eigenvalue weighted by atomic mass is 9.90. The van der Waals surface area contributed by atoms with Crippen LogP contribution < -0.4 is 16.4 Å². The Kier molecular flexibility index (Phi) is 11.4. The first-order valence-corrected chi connectivity index (χ1v) is 12.9. The molecule has 212 valence electrons. The Morgan fingerprint density at radius 3 is 2.31 bits per heavy atom. The normalized spacial score (nSPS) is 17.6. The number of carbonyl (C=O) groups excluding carboxylic acids is 2. The number of ketones is 1. The van der Waals surface area contributed by atoms with Crippen molar-refractivity contribution in [2.75, 3.05) is 5.32 Å². The van der Waals surface area contributed by atoms with Crippen molar-refractivity contribution in [1.82, 2.24) is 10.3 Å². The largest absolute Gasteiger partial charge is 0.504 e. The number of pyridine rings is 1. The minimum Gasteiger partial charge on any atom is -0.504 e. The number of rotatable bonds is 7. The highest BCUT2D eigenvalue weighted by Crippen LogP contribution is 2.36. The molecule has 5 N–H and O–H groups in total. The van der Waals surface area contributed by atoms with Gasteiger partial charge in [0, 0.05) is 23.7 Å². The fraction of sp³-hybridized carbons (Fsp3) is 0.393. The Balaban J connectivity index is 0.00000267. The van der Waals surface area contributed by atoms with Crippen molar-refractivity contribution in [1.29, 1.82) is 0 Å². The predicted molar refractivity (Wildman–Crippen MR) is 159 cm³/mol. The number of Topliss-reactive ketones (excluding diaryl/α,β-unsaturated/α-hetero) is 1. The minimum absolute atomic E-state index is 0. The molecule has 1 aliphatic carbocycles. The number of halogens is 4. The average molecular weight is 600 g/mol. The average Bonchev–Trinajstić information content (AvgIpc) is 2.87. The minimum atomic E-state index is -0.810. The standard InChI is InChI=1S/C28H32ClFN4O3.2ClH/c1-14(2)25(31)28(37)34-19-7-5-18(6-8-19)33-26-20-10-16(17-11-22(29)27(36)23(30)12-17)4-9-24(20)32-13-21(26)15(3)35;;/h4,9-14,18-19,25,36H,5-8,31H2,1-3H3,(H,32,33)(H,34,37);2*1H/t18-,19-,25?;;. The molecule has 1 fully saturated rings. The molecule has 11 heteroatoms. The van der Waals surface area contributed by atoms with Gasteiger partial charge in [-0.1, -0.05) is 31.5 Å². The summed E-state index contributed by atoms with van der Waals surface area (Å²) in [7, 11) is 0. The second-order valence-electron chi connectivity index (χ2n) is 10.1. The van der Waals surface area contributed by atoms with Crippen LogP contribution in [0.15, 0.2) is 36.5 Å². The van der Waals surface area contributed by atoms with Gasteiger partial charge in [0.15, 0.2) is 17.3 Å². The quantitative estimate of drug-likeness (QED) is 0.238. The Hall–Kier alpha value is -2.65. The van der Waals surface area contributed by atoms with E-state index in [1.165, 1.54) is 19.1 Å². The molecule has 1 unspecified atom stereocenters. The second-order valence-corrected chi connectivity index (χ2v) is 10.5. The first kappa shape index (κ1) is 32.6. The van der Waals surface area contributed by atoms with Crippen molar-refractivity contribution < 1.29 is 19.1 Å². The molecule has 1 aliphatic rings. The van der Waals surface area contributed by atoms with E-state index in [2.05, 4.69) is 15.6 Å². The van der Waals surface area contributed by atoms with Gasteiger partial charge in [-0.05, 0) is 73.9 Å². The summed E-state index contributed by atoms with van der Waals surface area (Å²) in [5.74, 6) is -1.57. The molecule has 0 radical (unpaired) electrons. The number of phenols is 1. The highest BCUT2D eigenvalue weighted by atomic mass is 35.5. The topological polar surface area (TPSA) is 117 Å². The lowest BCUT2D eigenvalue weighted by Crippen LogP contribution is -2.49. The number of benzene rings is 2. The summed E-state index contributed by atoms with van der Waals surface area (Å²) in [6.07, 6.45) is 4.78. The van der Waals surface area contributed by atoms with Crippen molar-refractivity contribution >= 4 is 64.7 Å². The van der Waals surface area contributed by atoms with Gasteiger partial charge in [0.1, 0.15) is 0 Å². The van der Waals surface area contributed by atoms with E-state index >= 15 is 0 Å². The molecule has 4 rings (SSSR count). The van der Waals surface area contributed by atoms with E-state index in [0.29, 0.717) is 27.9 Å². The van der Waals surface area contributed by atoms with E-state index in [9.17, 15) is 19.1 Å². The zero-order valence-corrected chi connectivity index (χ0v) is 24.4. The van der Waals surface area contributed by atoms with Crippen LogP contribution in [0.1, 0.15) is 56.8 Å². The van der Waals surface area contributed by atoms with E-state index < -0.39 is 17.6 Å². The number of aromatic nitrogens is 1. The predicted octanol–water partition coefficient (Wildman–Crippen LogP) is 6.27. The summed E-state index contributed by atoms with van der Waals surface area (Å²) in [6.45, 7) is 5.35. The van der Waals surface area contributed by atoms with Gasteiger partial charge in [0.25, 0.3) is 0 Å². The zero-order valence-electron chi connectivity index (χ0n) is 22.0. The van der Waals surface area contributed by atoms with E-state index in [4.69, 9.17) is 17.3 Å². The van der Waals surface area contributed by atoms with Crippen LogP contribution in [0.4, 0.5) is 10.1 Å². The van der Waals surface area contributed by atoms with Crippen LogP contribution in [-0.2, 0) is 4.79 Å². The number of carbonyl (C=O) groups is 2. The van der Waals surface area contributed by atoms with Gasteiger partial charge in [-0.3, -0.25) is 14.6 Å². The number of phenolic OH excluding ortho intramolecular Hbond substituents is 1. The van der Waals surface area contributed by atoms with Gasteiger partial charge in [0.2, 0.25) is 5.91 Å². The van der Waals surface area contributed by atoms with Crippen molar-refractivity contribution in [2.24, 2.45) is 11.7 Å². The van der Waals surface area contributed by atoms with Gasteiger partial charge in [-0.25, -0.2) is 4.39 Å². The molecule has 3 aromatic rings. The first-order valence-electron chi connectivity index (χ1n) is 12.5. The molecule has 7 nitrogen and oxygen atoms in total. The molecule has 2 aromatic carbocycles. The first-order chi connectivity index (χ1) is 17.5. The lowest BCUT2D eigenvalue weighted by molar-refractivity contribution is -0.124. The summed E-state index contributed by atoms with van der Waals surface area (Å²) in [5, 5.41) is 17.0. The molecule has 1 aromatic heterocycles. The van der Waals surface area contributed by atoms with E-state index in [0.717, 1.165) is 31.1 Å².